The van der Waals surface area contributed by atoms with E-state index in [4.69, 9.17) is 19.3 Å². The van der Waals surface area contributed by atoms with Gasteiger partial charge in [0.15, 0.2) is 12.6 Å². The van der Waals surface area contributed by atoms with Gasteiger partial charge in [-0.05, 0) is 0 Å². The topological polar surface area (TPSA) is 166 Å². The third-order valence-corrected chi connectivity index (χ3v) is 3.78. The van der Waals surface area contributed by atoms with Crippen LogP contribution in [0.15, 0.2) is 0 Å². The van der Waals surface area contributed by atoms with E-state index in [1.54, 1.807) is 0 Å². The summed E-state index contributed by atoms with van der Waals surface area (Å²) >= 11 is 0. The van der Waals surface area contributed by atoms with Gasteiger partial charge >= 0.3 is 0 Å². The molecule has 10 nitrogen and oxygen atoms in total. The molecule has 6 N–H and O–H groups in total. The van der Waals surface area contributed by atoms with Gasteiger partial charge in [-0.2, -0.15) is 0 Å². The molecule has 9 unspecified atom stereocenters. The summed E-state index contributed by atoms with van der Waals surface area (Å²) in [7, 11) is 0. The molecule has 0 radical (unpaired) electrons. The molecule has 0 aromatic heterocycles. The summed E-state index contributed by atoms with van der Waals surface area (Å²) < 4.78 is 15.6. The third-order valence-electron chi connectivity index (χ3n) is 3.78. The quantitative estimate of drug-likeness (QED) is 0.251. The van der Waals surface area contributed by atoms with Gasteiger partial charge in [0.2, 0.25) is 0 Å². The van der Waals surface area contributed by atoms with E-state index in [2.05, 4.69) is 0 Å². The van der Waals surface area contributed by atoms with E-state index < -0.39 is 61.7 Å². The minimum Gasteiger partial charge on any atom is -0.394 e. The SMILES string of the molecule is O=CC(O)C(OC1OC2COC(C2O)C1O)C(O)C(O)CO. The molecule has 2 aliphatic heterocycles. The van der Waals surface area contributed by atoms with Gasteiger partial charge in [-0.25, -0.2) is 0 Å². The number of carbonyl (C=O) groups is 1. The van der Waals surface area contributed by atoms with Gasteiger partial charge < -0.3 is 49.6 Å². The third kappa shape index (κ3) is 3.30. The predicted molar refractivity (Wildman–Crippen MR) is 66.5 cm³/mol. The Morgan fingerprint density at radius 1 is 1.23 bits per heavy atom. The lowest BCUT2D eigenvalue weighted by atomic mass is 10.0. The van der Waals surface area contributed by atoms with Crippen LogP contribution in [0, 0.1) is 0 Å². The van der Waals surface area contributed by atoms with E-state index in [0.717, 1.165) is 0 Å². The molecule has 10 heteroatoms. The molecule has 128 valence electrons. The lowest BCUT2D eigenvalue weighted by Gasteiger charge is -2.38. The molecule has 2 fully saturated rings. The fourth-order valence-electron chi connectivity index (χ4n) is 2.48. The Kier molecular flexibility index (Phi) is 5.82. The summed E-state index contributed by atoms with van der Waals surface area (Å²) in [6.45, 7) is -0.792. The van der Waals surface area contributed by atoms with Gasteiger partial charge in [0, 0.05) is 0 Å². The Hall–Kier alpha value is -0.690. The molecule has 0 aromatic rings. The lowest BCUT2D eigenvalue weighted by molar-refractivity contribution is -0.295. The van der Waals surface area contributed by atoms with Crippen molar-refractivity contribution in [3.8, 4) is 0 Å². The molecule has 0 saturated carbocycles. The Balaban J connectivity index is 2.08. The Morgan fingerprint density at radius 2 is 1.91 bits per heavy atom. The maximum absolute atomic E-state index is 10.7. The minimum absolute atomic E-state index is 0.0332. The normalized spacial score (nSPS) is 40.0. The van der Waals surface area contributed by atoms with E-state index in [-0.39, 0.29) is 12.9 Å². The second-order valence-corrected chi connectivity index (χ2v) is 5.29. The van der Waals surface area contributed by atoms with Crippen LogP contribution in [0.2, 0.25) is 0 Å². The number of hydrogen-bond donors (Lipinski definition) is 6. The number of hydrogen-bond acceptors (Lipinski definition) is 10. The van der Waals surface area contributed by atoms with Crippen LogP contribution in [0.1, 0.15) is 0 Å². The van der Waals surface area contributed by atoms with E-state index in [1.165, 1.54) is 0 Å². The smallest absolute Gasteiger partial charge is 0.187 e. The molecule has 2 rings (SSSR count). The number of aliphatic hydroxyl groups is 6. The van der Waals surface area contributed by atoms with Crippen molar-refractivity contribution in [3.63, 3.8) is 0 Å². The highest BCUT2D eigenvalue weighted by molar-refractivity contribution is 5.56. The first kappa shape index (κ1) is 17.7. The first-order valence-electron chi connectivity index (χ1n) is 6.79. The van der Waals surface area contributed by atoms with Crippen molar-refractivity contribution in [2.45, 2.75) is 55.1 Å². The molecule has 2 aliphatic rings. The van der Waals surface area contributed by atoms with Gasteiger partial charge in [-0.15, -0.1) is 0 Å². The molecule has 2 heterocycles. The first-order valence-corrected chi connectivity index (χ1v) is 6.79. The predicted octanol–water partition coefficient (Wildman–Crippen LogP) is -4.51. The van der Waals surface area contributed by atoms with Crippen LogP contribution in [-0.2, 0) is 19.0 Å². The number of carbonyl (C=O) groups excluding carboxylic acids is 1. The molecule has 0 spiro atoms. The average molecular weight is 324 g/mol. The zero-order chi connectivity index (χ0) is 16.4. The van der Waals surface area contributed by atoms with E-state index in [0.29, 0.717) is 0 Å². The highest BCUT2D eigenvalue weighted by atomic mass is 16.7. The van der Waals surface area contributed by atoms with Gasteiger partial charge in [-0.1, -0.05) is 0 Å². The molecule has 0 amide bonds. The summed E-state index contributed by atoms with van der Waals surface area (Å²) in [4.78, 5) is 10.7. The maximum Gasteiger partial charge on any atom is 0.187 e. The number of aldehydes is 1. The molecule has 0 aliphatic carbocycles. The standard InChI is InChI=1S/C12H20O10/c13-1-4(15)7(17)10(5(16)2-14)22-12-9(19)11-8(18)6(21-12)3-20-11/h2,4-13,15-19H,1,3H2. The molecular formula is C12H20O10. The molecule has 9 atom stereocenters. The monoisotopic (exact) mass is 324 g/mol. The van der Waals surface area contributed by atoms with Gasteiger partial charge in [-0.3, -0.25) is 0 Å². The van der Waals surface area contributed by atoms with E-state index in [1.807, 2.05) is 0 Å². The summed E-state index contributed by atoms with van der Waals surface area (Å²) in [6, 6.07) is 0. The van der Waals surface area contributed by atoms with Crippen molar-refractivity contribution in [3.05, 3.63) is 0 Å². The maximum atomic E-state index is 10.7. The van der Waals surface area contributed by atoms with Crippen LogP contribution < -0.4 is 0 Å². The van der Waals surface area contributed by atoms with Crippen molar-refractivity contribution < 1.29 is 49.6 Å². The summed E-state index contributed by atoms with van der Waals surface area (Å²) in [5, 5.41) is 57.4. The highest BCUT2D eigenvalue weighted by Crippen LogP contribution is 2.31. The fraction of sp³-hybridized carbons (Fsp3) is 0.917. The highest BCUT2D eigenvalue weighted by Gasteiger charge is 2.52. The van der Waals surface area contributed by atoms with Gasteiger partial charge in [0.05, 0.1) is 13.2 Å². The zero-order valence-electron chi connectivity index (χ0n) is 11.5. The van der Waals surface area contributed by atoms with E-state index in [9.17, 15) is 30.3 Å². The largest absolute Gasteiger partial charge is 0.394 e. The summed E-state index contributed by atoms with van der Waals surface area (Å²) in [6.07, 6.45) is -12.4. The second kappa shape index (κ2) is 7.25. The van der Waals surface area contributed by atoms with Gasteiger partial charge in [0.1, 0.15) is 48.8 Å². The van der Waals surface area contributed by atoms with Crippen LogP contribution in [0.25, 0.3) is 0 Å². The van der Waals surface area contributed by atoms with Crippen LogP contribution in [0.5, 0.6) is 0 Å². The lowest BCUT2D eigenvalue weighted by Crippen LogP contribution is -2.58. The average Bonchev–Trinajstić information content (AvgIpc) is 2.79. The van der Waals surface area contributed by atoms with E-state index >= 15 is 0 Å². The number of ether oxygens (including phenoxy) is 3. The van der Waals surface area contributed by atoms with Crippen LogP contribution >= 0.6 is 0 Å². The van der Waals surface area contributed by atoms with Crippen molar-refractivity contribution in [2.24, 2.45) is 0 Å². The zero-order valence-corrected chi connectivity index (χ0v) is 11.5. The van der Waals surface area contributed by atoms with Crippen molar-refractivity contribution in [1.82, 2.24) is 0 Å². The number of aliphatic hydroxyl groups excluding tert-OH is 6. The van der Waals surface area contributed by atoms with Crippen LogP contribution in [-0.4, -0.2) is 105 Å². The Labute approximate surface area is 125 Å². The van der Waals surface area contributed by atoms with Crippen LogP contribution in [0.3, 0.4) is 0 Å². The fourth-order valence-corrected chi connectivity index (χ4v) is 2.48. The molecule has 0 aromatic carbocycles. The van der Waals surface area contributed by atoms with Crippen molar-refractivity contribution >= 4 is 6.29 Å². The van der Waals surface area contributed by atoms with Gasteiger partial charge in [0.25, 0.3) is 0 Å². The first-order chi connectivity index (χ1) is 10.4. The summed E-state index contributed by atoms with van der Waals surface area (Å²) in [5.74, 6) is 0. The van der Waals surface area contributed by atoms with Crippen LogP contribution in [0.4, 0.5) is 0 Å². The summed E-state index contributed by atoms with van der Waals surface area (Å²) in [5.41, 5.74) is 0. The van der Waals surface area contributed by atoms with Crippen molar-refractivity contribution in [1.29, 1.82) is 0 Å². The molecular weight excluding hydrogens is 304 g/mol. The molecule has 2 bridgehead atoms. The molecule has 2 saturated heterocycles. The molecule has 22 heavy (non-hydrogen) atoms. The number of rotatable bonds is 7. The Bertz CT molecular complexity index is 379. The second-order valence-electron chi connectivity index (χ2n) is 5.29. The Morgan fingerprint density at radius 3 is 2.50 bits per heavy atom. The number of fused-ring (bicyclic) bond motifs is 2. The minimum atomic E-state index is -1.82. The van der Waals surface area contributed by atoms with Crippen molar-refractivity contribution in [2.75, 3.05) is 13.2 Å².